The van der Waals surface area contributed by atoms with Gasteiger partial charge in [-0.1, -0.05) is 25.5 Å². The van der Waals surface area contributed by atoms with E-state index in [1.54, 1.807) is 0 Å². The topological polar surface area (TPSA) is 60.2 Å². The molecule has 1 saturated carbocycles. The van der Waals surface area contributed by atoms with Gasteiger partial charge in [-0.05, 0) is 48.6 Å². The van der Waals surface area contributed by atoms with Gasteiger partial charge in [0.1, 0.15) is 9.84 Å². The van der Waals surface area contributed by atoms with E-state index in [2.05, 4.69) is 31.2 Å². The maximum absolute atomic E-state index is 11.8. The van der Waals surface area contributed by atoms with Crippen molar-refractivity contribution in [3.05, 3.63) is 29.8 Å². The number of benzene rings is 1. The SMILES string of the molecule is CCSc1ccc(C(N)C2CCCC(S(C)(=O)=O)C2)cc1. The Bertz CT molecular complexity index is 554. The van der Waals surface area contributed by atoms with E-state index in [0.29, 0.717) is 6.42 Å². The minimum absolute atomic E-state index is 0.0600. The molecule has 0 spiro atoms. The second kappa shape index (κ2) is 7.16. The number of rotatable bonds is 5. The Labute approximate surface area is 132 Å². The summed E-state index contributed by atoms with van der Waals surface area (Å²) in [5.74, 6) is 1.33. The highest BCUT2D eigenvalue weighted by Gasteiger charge is 2.32. The zero-order valence-electron chi connectivity index (χ0n) is 12.8. The molecule has 3 nitrogen and oxygen atoms in total. The molecule has 0 saturated heterocycles. The lowest BCUT2D eigenvalue weighted by atomic mass is 9.81. The highest BCUT2D eigenvalue weighted by Crippen LogP contribution is 2.36. The molecule has 2 rings (SSSR count). The zero-order chi connectivity index (χ0) is 15.5. The van der Waals surface area contributed by atoms with Crippen molar-refractivity contribution in [2.45, 2.75) is 48.8 Å². The standard InChI is InChI=1S/C16H25NO2S2/c1-3-20-14-9-7-12(8-10-14)16(17)13-5-4-6-15(11-13)21(2,18)19/h7-10,13,15-16H,3-6,11,17H2,1-2H3. The monoisotopic (exact) mass is 327 g/mol. The van der Waals surface area contributed by atoms with E-state index < -0.39 is 9.84 Å². The lowest BCUT2D eigenvalue weighted by Crippen LogP contribution is -2.32. The van der Waals surface area contributed by atoms with E-state index in [0.717, 1.165) is 30.6 Å². The number of nitrogens with two attached hydrogens (primary N) is 1. The van der Waals surface area contributed by atoms with Crippen LogP contribution in [0, 0.1) is 5.92 Å². The number of sulfone groups is 1. The second-order valence-corrected chi connectivity index (χ2v) is 9.57. The van der Waals surface area contributed by atoms with Gasteiger partial charge in [0.15, 0.2) is 0 Å². The molecular weight excluding hydrogens is 302 g/mol. The molecule has 0 aliphatic heterocycles. The van der Waals surface area contributed by atoms with Crippen LogP contribution < -0.4 is 5.73 Å². The maximum Gasteiger partial charge on any atom is 0.150 e. The van der Waals surface area contributed by atoms with Gasteiger partial charge in [-0.3, -0.25) is 0 Å². The fraction of sp³-hybridized carbons (Fsp3) is 0.625. The lowest BCUT2D eigenvalue weighted by molar-refractivity contribution is 0.309. The second-order valence-electron chi connectivity index (χ2n) is 5.91. The van der Waals surface area contributed by atoms with E-state index in [9.17, 15) is 8.42 Å². The van der Waals surface area contributed by atoms with E-state index >= 15 is 0 Å². The Morgan fingerprint density at radius 3 is 2.52 bits per heavy atom. The van der Waals surface area contributed by atoms with Gasteiger partial charge in [-0.2, -0.15) is 0 Å². The molecule has 0 amide bonds. The first kappa shape index (κ1) is 16.8. The summed E-state index contributed by atoms with van der Waals surface area (Å²) < 4.78 is 23.5. The van der Waals surface area contributed by atoms with Gasteiger partial charge < -0.3 is 5.73 Å². The van der Waals surface area contributed by atoms with Crippen LogP contribution in [0.25, 0.3) is 0 Å². The average Bonchev–Trinajstić information content (AvgIpc) is 2.47. The first-order chi connectivity index (χ1) is 9.91. The fourth-order valence-electron chi connectivity index (χ4n) is 3.12. The van der Waals surface area contributed by atoms with E-state index in [-0.39, 0.29) is 17.2 Å². The fourth-order valence-corrected chi connectivity index (χ4v) is 4.97. The van der Waals surface area contributed by atoms with Crippen LogP contribution >= 0.6 is 11.8 Å². The van der Waals surface area contributed by atoms with Crippen molar-refractivity contribution in [3.8, 4) is 0 Å². The first-order valence-corrected chi connectivity index (χ1v) is 10.5. The Hall–Kier alpha value is -0.520. The molecule has 1 aromatic carbocycles. The van der Waals surface area contributed by atoms with E-state index in [1.165, 1.54) is 11.2 Å². The third-order valence-corrected chi connectivity index (χ3v) is 6.89. The molecular formula is C16H25NO2S2. The molecule has 1 aromatic rings. The Morgan fingerprint density at radius 1 is 1.29 bits per heavy atom. The molecule has 0 heterocycles. The summed E-state index contributed by atoms with van der Waals surface area (Å²) in [7, 11) is -2.95. The molecule has 21 heavy (non-hydrogen) atoms. The van der Waals surface area contributed by atoms with Crippen molar-refractivity contribution in [2.75, 3.05) is 12.0 Å². The Morgan fingerprint density at radius 2 is 1.95 bits per heavy atom. The molecule has 3 unspecified atom stereocenters. The Balaban J connectivity index is 2.06. The van der Waals surface area contributed by atoms with Gasteiger partial charge in [-0.15, -0.1) is 11.8 Å². The molecule has 118 valence electrons. The summed E-state index contributed by atoms with van der Waals surface area (Å²) in [6, 6.07) is 8.34. The van der Waals surface area contributed by atoms with Crippen LogP contribution in [0.4, 0.5) is 0 Å². The van der Waals surface area contributed by atoms with Crippen LogP contribution in [-0.2, 0) is 9.84 Å². The molecule has 0 radical (unpaired) electrons. The number of hydrogen-bond donors (Lipinski definition) is 1. The molecule has 0 bridgehead atoms. The predicted octanol–water partition coefficient (Wildman–Crippen LogP) is 3.40. The molecule has 1 aliphatic rings. The minimum Gasteiger partial charge on any atom is -0.324 e. The van der Waals surface area contributed by atoms with Gasteiger partial charge in [0.25, 0.3) is 0 Å². The molecule has 0 aromatic heterocycles. The highest BCUT2D eigenvalue weighted by molar-refractivity contribution is 7.99. The van der Waals surface area contributed by atoms with Gasteiger partial charge >= 0.3 is 0 Å². The van der Waals surface area contributed by atoms with Crippen molar-refractivity contribution in [3.63, 3.8) is 0 Å². The number of hydrogen-bond acceptors (Lipinski definition) is 4. The largest absolute Gasteiger partial charge is 0.324 e. The van der Waals surface area contributed by atoms with Crippen molar-refractivity contribution in [1.29, 1.82) is 0 Å². The normalized spacial score (nSPS) is 24.7. The maximum atomic E-state index is 11.8. The van der Waals surface area contributed by atoms with Crippen LogP contribution in [0.3, 0.4) is 0 Å². The molecule has 5 heteroatoms. The van der Waals surface area contributed by atoms with Gasteiger partial charge in [0, 0.05) is 17.2 Å². The summed E-state index contributed by atoms with van der Waals surface area (Å²) >= 11 is 1.81. The molecule has 2 N–H and O–H groups in total. The summed E-state index contributed by atoms with van der Waals surface area (Å²) in [5.41, 5.74) is 7.52. The summed E-state index contributed by atoms with van der Waals surface area (Å²) in [4.78, 5) is 1.26. The molecule has 1 aliphatic carbocycles. The number of thioether (sulfide) groups is 1. The Kier molecular flexibility index (Phi) is 5.74. The molecule has 1 fully saturated rings. The third kappa shape index (κ3) is 4.47. The van der Waals surface area contributed by atoms with E-state index in [1.807, 2.05) is 11.8 Å². The smallest absolute Gasteiger partial charge is 0.150 e. The summed E-state index contributed by atoms with van der Waals surface area (Å²) in [5, 5.41) is -0.211. The van der Waals surface area contributed by atoms with Crippen LogP contribution in [-0.4, -0.2) is 25.7 Å². The van der Waals surface area contributed by atoms with Crippen LogP contribution in [0.15, 0.2) is 29.2 Å². The van der Waals surface area contributed by atoms with Crippen LogP contribution in [0.5, 0.6) is 0 Å². The lowest BCUT2D eigenvalue weighted by Gasteiger charge is -2.32. The van der Waals surface area contributed by atoms with Crippen molar-refractivity contribution in [2.24, 2.45) is 11.7 Å². The van der Waals surface area contributed by atoms with Crippen molar-refractivity contribution >= 4 is 21.6 Å². The summed E-state index contributed by atoms with van der Waals surface area (Å²) in [6.45, 7) is 2.14. The first-order valence-electron chi connectivity index (χ1n) is 7.59. The van der Waals surface area contributed by atoms with E-state index in [4.69, 9.17) is 5.73 Å². The predicted molar refractivity (Wildman–Crippen MR) is 90.4 cm³/mol. The van der Waals surface area contributed by atoms with Crippen molar-refractivity contribution in [1.82, 2.24) is 0 Å². The minimum atomic E-state index is -2.95. The van der Waals surface area contributed by atoms with Crippen LogP contribution in [0.1, 0.15) is 44.2 Å². The third-order valence-electron chi connectivity index (χ3n) is 4.36. The van der Waals surface area contributed by atoms with Gasteiger partial charge in [0.05, 0.1) is 5.25 Å². The van der Waals surface area contributed by atoms with Crippen molar-refractivity contribution < 1.29 is 8.42 Å². The molecule has 3 atom stereocenters. The van der Waals surface area contributed by atoms with Gasteiger partial charge in [-0.25, -0.2) is 8.42 Å². The van der Waals surface area contributed by atoms with Crippen LogP contribution in [0.2, 0.25) is 0 Å². The van der Waals surface area contributed by atoms with Gasteiger partial charge in [0.2, 0.25) is 0 Å². The zero-order valence-corrected chi connectivity index (χ0v) is 14.4. The average molecular weight is 328 g/mol. The summed E-state index contributed by atoms with van der Waals surface area (Å²) in [6.07, 6.45) is 4.82. The highest BCUT2D eigenvalue weighted by atomic mass is 32.2. The quantitative estimate of drug-likeness (QED) is 0.842.